The topological polar surface area (TPSA) is 9.23 Å². The fourth-order valence-corrected chi connectivity index (χ4v) is 3.74. The lowest BCUT2D eigenvalue weighted by atomic mass is 10.2. The summed E-state index contributed by atoms with van der Waals surface area (Å²) in [6.07, 6.45) is 2.58. The summed E-state index contributed by atoms with van der Waals surface area (Å²) in [6, 6.07) is 0. The summed E-state index contributed by atoms with van der Waals surface area (Å²) in [4.78, 5) is 0. The fraction of sp³-hybridized carbons (Fsp3) is 1.00. The highest BCUT2D eigenvalue weighted by Crippen LogP contribution is 2.36. The highest BCUT2D eigenvalue weighted by Gasteiger charge is 2.36. The van der Waals surface area contributed by atoms with Gasteiger partial charge in [0.15, 0.2) is 8.32 Å². The molecule has 0 aromatic heterocycles. The van der Waals surface area contributed by atoms with E-state index in [-0.39, 0.29) is 18.2 Å². The first-order chi connectivity index (χ1) is 6.31. The lowest BCUT2D eigenvalue weighted by Crippen LogP contribution is -2.40. The number of hydrogen-bond donors (Lipinski definition) is 0. The molecule has 0 aliphatic rings. The maximum absolute atomic E-state index is 6.08. The Morgan fingerprint density at radius 3 is 2.21 bits per heavy atom. The maximum Gasteiger partial charge on any atom is 0.468 e. The Morgan fingerprint density at radius 2 is 1.79 bits per heavy atom. The normalized spacial score (nSPS) is 12.7. The molecule has 0 aromatic rings. The van der Waals surface area contributed by atoms with Crippen LogP contribution >= 0.6 is 12.9 Å². The Hall–Kier alpha value is 1.42. The Bertz CT molecular complexity index is 157. The highest BCUT2D eigenvalue weighted by molar-refractivity contribution is 9.23. The van der Waals surface area contributed by atoms with Gasteiger partial charge in [0.25, 0.3) is 0 Å². The Kier molecular flexibility index (Phi) is 7.59. The second kappa shape index (κ2) is 6.89. The van der Waals surface area contributed by atoms with E-state index in [0.717, 1.165) is 6.61 Å². The highest BCUT2D eigenvalue weighted by atomic mass is 79.9. The van der Waals surface area contributed by atoms with Crippen molar-refractivity contribution in [1.82, 2.24) is 0 Å². The molecule has 0 unspecified atom stereocenters. The zero-order valence-electron chi connectivity index (χ0n) is 10.3. The Labute approximate surface area is 106 Å². The van der Waals surface area contributed by atoms with Gasteiger partial charge in [-0.15, -0.1) is 4.55 Å². The summed E-state index contributed by atoms with van der Waals surface area (Å²) >= 11 is 3.67. The summed E-state index contributed by atoms with van der Waals surface area (Å²) < 4.78 is 7.48. The van der Waals surface area contributed by atoms with Crippen molar-refractivity contribution in [1.29, 1.82) is 0 Å². The summed E-state index contributed by atoms with van der Waals surface area (Å²) in [5, 5.41) is 0.358. The van der Waals surface area contributed by atoms with Crippen LogP contribution in [-0.4, -0.2) is 33.1 Å². The van der Waals surface area contributed by atoms with E-state index in [4.69, 9.17) is 4.43 Å². The summed E-state index contributed by atoms with van der Waals surface area (Å²) in [7, 11) is -1.47. The van der Waals surface area contributed by atoms with Gasteiger partial charge in [0, 0.05) is 6.61 Å². The standard InChI is InChI=1S/C10H23OSi.BrH.Mg/c1-7-8-9-11-12(5,6)10(2,3)4;;/h1,7-9H2,2-6H3;1H;/q;;+1/p-1. The zero-order chi connectivity index (χ0) is 11.2. The molecule has 0 N–H and O–H groups in total. The van der Waals surface area contributed by atoms with Crippen molar-refractivity contribution in [3.63, 3.8) is 0 Å². The van der Waals surface area contributed by atoms with Crippen LogP contribution in [0.4, 0.5) is 0 Å². The van der Waals surface area contributed by atoms with Crippen LogP contribution in [0.5, 0.6) is 0 Å². The van der Waals surface area contributed by atoms with Gasteiger partial charge in [0.2, 0.25) is 0 Å². The van der Waals surface area contributed by atoms with E-state index in [0.29, 0.717) is 5.04 Å². The molecule has 14 heavy (non-hydrogen) atoms. The number of hydrogen-bond acceptors (Lipinski definition) is 1. The van der Waals surface area contributed by atoms with Crippen LogP contribution in [0.25, 0.3) is 0 Å². The van der Waals surface area contributed by atoms with Gasteiger partial charge in [-0.25, -0.2) is 0 Å². The summed E-state index contributed by atoms with van der Waals surface area (Å²) in [5.74, 6) is 0. The molecule has 0 rings (SSSR count). The lowest BCUT2D eigenvalue weighted by Gasteiger charge is -2.36. The van der Waals surface area contributed by atoms with Crippen molar-refractivity contribution < 1.29 is 4.43 Å². The lowest BCUT2D eigenvalue weighted by molar-refractivity contribution is 0.281. The zero-order valence-corrected chi connectivity index (χ0v) is 14.3. The van der Waals surface area contributed by atoms with Gasteiger partial charge in [-0.3, -0.25) is 0 Å². The van der Waals surface area contributed by atoms with E-state index >= 15 is 0 Å². The predicted molar refractivity (Wildman–Crippen MR) is 71.9 cm³/mol. The van der Waals surface area contributed by atoms with Crippen molar-refractivity contribution in [3.8, 4) is 0 Å². The molecule has 0 heterocycles. The van der Waals surface area contributed by atoms with E-state index in [1.54, 1.807) is 0 Å². The smallest absolute Gasteiger partial charge is 0.417 e. The van der Waals surface area contributed by atoms with Gasteiger partial charge < -0.3 is 17.3 Å². The molecule has 0 saturated carbocycles. The van der Waals surface area contributed by atoms with Crippen LogP contribution in [-0.2, 0) is 4.43 Å². The minimum atomic E-state index is -1.47. The Morgan fingerprint density at radius 1 is 1.21 bits per heavy atom. The SMILES string of the molecule is CC(C)(C)[Si](C)(C)OCCC[CH2][Mg][Br]. The molecule has 0 radical (unpaired) electrons. The van der Waals surface area contributed by atoms with E-state index in [2.05, 4.69) is 46.7 Å². The van der Waals surface area contributed by atoms with Crippen molar-refractivity contribution in [2.45, 2.75) is 56.3 Å². The third-order valence-corrected chi connectivity index (χ3v) is 10.0. The molecule has 0 aliphatic carbocycles. The largest absolute Gasteiger partial charge is 0.468 e. The average Bonchev–Trinajstić information content (AvgIpc) is 2.02. The van der Waals surface area contributed by atoms with Crippen molar-refractivity contribution in [2.24, 2.45) is 0 Å². The third kappa shape index (κ3) is 6.10. The predicted octanol–water partition coefficient (Wildman–Crippen LogP) is 4.22. The van der Waals surface area contributed by atoms with Crippen LogP contribution in [0.15, 0.2) is 0 Å². The quantitative estimate of drug-likeness (QED) is 0.526. The van der Waals surface area contributed by atoms with Gasteiger partial charge in [-0.1, -0.05) is 27.2 Å². The van der Waals surface area contributed by atoms with Gasteiger partial charge in [-0.05, 0) is 24.6 Å². The first kappa shape index (κ1) is 15.4. The number of halogens is 1. The molecular formula is C10H23BrMgOSi. The van der Waals surface area contributed by atoms with E-state index in [1.807, 2.05) is 0 Å². The van der Waals surface area contributed by atoms with Crippen LogP contribution in [0.1, 0.15) is 33.6 Å². The molecule has 0 bridgehead atoms. The fourth-order valence-electron chi connectivity index (χ4n) is 0.917. The average molecular weight is 292 g/mol. The van der Waals surface area contributed by atoms with E-state index in [9.17, 15) is 0 Å². The van der Waals surface area contributed by atoms with Gasteiger partial charge in [-0.2, -0.15) is 0 Å². The van der Waals surface area contributed by atoms with Gasteiger partial charge in [0.1, 0.15) is 0 Å². The van der Waals surface area contributed by atoms with Crippen LogP contribution in [0, 0.1) is 0 Å². The van der Waals surface area contributed by atoms with Crippen molar-refractivity contribution >= 4 is 39.4 Å². The van der Waals surface area contributed by atoms with Crippen molar-refractivity contribution in [3.05, 3.63) is 0 Å². The molecule has 0 atom stereocenters. The second-order valence-corrected chi connectivity index (χ2v) is 13.6. The van der Waals surface area contributed by atoms with Gasteiger partial charge in [0.05, 0.1) is 0 Å². The maximum atomic E-state index is 6.08. The Balaban J connectivity index is 3.67. The van der Waals surface area contributed by atoms with Crippen molar-refractivity contribution in [2.75, 3.05) is 6.61 Å². The number of rotatable bonds is 6. The van der Waals surface area contributed by atoms with Crippen LogP contribution < -0.4 is 0 Å². The van der Waals surface area contributed by atoms with E-state index in [1.165, 1.54) is 17.4 Å². The molecule has 82 valence electrons. The molecule has 0 spiro atoms. The molecule has 0 saturated heterocycles. The molecule has 4 heteroatoms. The first-order valence-electron chi connectivity index (χ1n) is 5.51. The summed E-state index contributed by atoms with van der Waals surface area (Å²) in [5.41, 5.74) is 0. The number of unbranched alkanes of at least 4 members (excludes halogenated alkanes) is 1. The molecule has 0 aromatic carbocycles. The molecule has 0 aliphatic heterocycles. The monoisotopic (exact) mass is 290 g/mol. The van der Waals surface area contributed by atoms with E-state index < -0.39 is 8.32 Å². The second-order valence-electron chi connectivity index (χ2n) is 5.36. The van der Waals surface area contributed by atoms with Crippen LogP contribution in [0.3, 0.4) is 0 Å². The minimum absolute atomic E-state index is 0.0928. The first-order valence-corrected chi connectivity index (χ1v) is 13.3. The van der Waals surface area contributed by atoms with Gasteiger partial charge >= 0.3 is 18.2 Å². The minimum Gasteiger partial charge on any atom is -0.417 e. The molecular weight excluding hydrogens is 268 g/mol. The molecule has 0 amide bonds. The van der Waals surface area contributed by atoms with Crippen LogP contribution in [0.2, 0.25) is 22.7 Å². The summed E-state index contributed by atoms with van der Waals surface area (Å²) in [6.45, 7) is 12.5. The molecule has 1 nitrogen and oxygen atoms in total. The third-order valence-electron chi connectivity index (χ3n) is 3.05. The molecule has 0 fully saturated rings.